The van der Waals surface area contributed by atoms with Gasteiger partial charge in [-0.25, -0.2) is 14.4 Å². The molecule has 0 fully saturated rings. The van der Waals surface area contributed by atoms with Crippen molar-refractivity contribution >= 4 is 35.9 Å². The Morgan fingerprint density at radius 3 is 1.49 bits per heavy atom. The number of carbonyl (C=O) groups is 6. The molecule has 4 atom stereocenters. The van der Waals surface area contributed by atoms with Crippen LogP contribution in [0.5, 0.6) is 0 Å². The summed E-state index contributed by atoms with van der Waals surface area (Å²) in [6, 6.07) is 13.9. The first-order chi connectivity index (χ1) is 25.8. The monoisotopic (exact) mass is 767 g/mol. The highest BCUT2D eigenvalue weighted by Gasteiger charge is 2.33. The van der Waals surface area contributed by atoms with Gasteiger partial charge in [0.25, 0.3) is 0 Å². The van der Waals surface area contributed by atoms with E-state index in [1.165, 1.54) is 7.11 Å². The number of amides is 5. The first-order valence-corrected chi connectivity index (χ1v) is 18.8. The minimum Gasteiger partial charge on any atom is -0.467 e. The van der Waals surface area contributed by atoms with Crippen LogP contribution in [0.1, 0.15) is 92.2 Å². The van der Waals surface area contributed by atoms with Gasteiger partial charge in [0.05, 0.1) is 7.11 Å². The Labute approximate surface area is 325 Å². The van der Waals surface area contributed by atoms with Crippen molar-refractivity contribution in [3.63, 3.8) is 0 Å². The van der Waals surface area contributed by atoms with E-state index in [-0.39, 0.29) is 31.6 Å². The second-order valence-corrected chi connectivity index (χ2v) is 15.8. The third-order valence-corrected chi connectivity index (χ3v) is 7.94. The van der Waals surface area contributed by atoms with Crippen molar-refractivity contribution in [2.75, 3.05) is 13.7 Å². The standard InChI is InChI=1S/C41H61N5O9/c1-27(2)24-31(34(47)43-30(37(50)53-9)22-16-17-23-42-38(51)54-40(3,4)5)44-35(48)32(25-28-18-12-10-13-19-28)45-36(49)33(26-29-20-14-11-15-21-29)46-39(52)55-41(6,7)8/h10-15,18-21,27,30-33H,16-17,22-26H2,1-9H3,(H,42,51)(H,43,47)(H,44,48)(H,45,49)(H,46,52)/t30-,31-,32-,33-/m1/s1. The van der Waals surface area contributed by atoms with Gasteiger partial charge in [-0.1, -0.05) is 74.5 Å². The molecular formula is C41H61N5O9. The van der Waals surface area contributed by atoms with Crippen LogP contribution in [0.25, 0.3) is 0 Å². The summed E-state index contributed by atoms with van der Waals surface area (Å²) in [5.41, 5.74) is 0.0737. The van der Waals surface area contributed by atoms with Crippen molar-refractivity contribution in [2.45, 2.75) is 129 Å². The molecule has 0 radical (unpaired) electrons. The van der Waals surface area contributed by atoms with E-state index in [9.17, 15) is 28.8 Å². The summed E-state index contributed by atoms with van der Waals surface area (Å²) in [4.78, 5) is 79.3. The maximum Gasteiger partial charge on any atom is 0.408 e. The maximum atomic E-state index is 14.1. The highest BCUT2D eigenvalue weighted by atomic mass is 16.6. The van der Waals surface area contributed by atoms with Gasteiger partial charge in [0.1, 0.15) is 35.4 Å². The first-order valence-electron chi connectivity index (χ1n) is 18.8. The molecule has 0 heterocycles. The topological polar surface area (TPSA) is 190 Å². The smallest absolute Gasteiger partial charge is 0.408 e. The summed E-state index contributed by atoms with van der Waals surface area (Å²) in [5.74, 6) is -2.54. The molecule has 0 unspecified atom stereocenters. The molecular weight excluding hydrogens is 706 g/mol. The van der Waals surface area contributed by atoms with E-state index in [4.69, 9.17) is 14.2 Å². The average molecular weight is 768 g/mol. The molecule has 14 heteroatoms. The Morgan fingerprint density at radius 2 is 1.02 bits per heavy atom. The number of methoxy groups -OCH3 is 1. The number of hydrogen-bond acceptors (Lipinski definition) is 9. The molecule has 5 amide bonds. The lowest BCUT2D eigenvalue weighted by atomic mass is 9.99. The number of rotatable bonds is 19. The van der Waals surface area contributed by atoms with Gasteiger partial charge < -0.3 is 40.8 Å². The maximum absolute atomic E-state index is 14.1. The third kappa shape index (κ3) is 19.1. The molecule has 0 saturated heterocycles. The van der Waals surface area contributed by atoms with Gasteiger partial charge in [-0.2, -0.15) is 0 Å². The Morgan fingerprint density at radius 1 is 0.582 bits per heavy atom. The lowest BCUT2D eigenvalue weighted by Crippen LogP contribution is -2.59. The number of ether oxygens (including phenoxy) is 3. The number of alkyl carbamates (subject to hydrolysis) is 2. The second-order valence-electron chi connectivity index (χ2n) is 15.8. The van der Waals surface area contributed by atoms with E-state index in [1.54, 1.807) is 41.5 Å². The molecule has 55 heavy (non-hydrogen) atoms. The zero-order valence-electron chi connectivity index (χ0n) is 33.8. The molecule has 2 aromatic rings. The summed E-state index contributed by atoms with van der Waals surface area (Å²) in [6.45, 7) is 14.5. The minimum atomic E-state index is -1.15. The predicted molar refractivity (Wildman–Crippen MR) is 209 cm³/mol. The summed E-state index contributed by atoms with van der Waals surface area (Å²) >= 11 is 0. The molecule has 2 rings (SSSR count). The van der Waals surface area contributed by atoms with Crippen molar-refractivity contribution in [3.05, 3.63) is 71.8 Å². The normalized spacial score (nSPS) is 13.6. The van der Waals surface area contributed by atoms with E-state index in [0.29, 0.717) is 19.4 Å². The average Bonchev–Trinajstić information content (AvgIpc) is 3.08. The van der Waals surface area contributed by atoms with Crippen LogP contribution < -0.4 is 26.6 Å². The molecule has 0 spiro atoms. The lowest BCUT2D eigenvalue weighted by Gasteiger charge is -2.27. The molecule has 0 aromatic heterocycles. The zero-order valence-corrected chi connectivity index (χ0v) is 33.8. The van der Waals surface area contributed by atoms with Crippen LogP contribution in [0.15, 0.2) is 60.7 Å². The Kier molecular flexibility index (Phi) is 18.6. The molecule has 5 N–H and O–H groups in total. The fraction of sp³-hybridized carbons (Fsp3) is 0.561. The van der Waals surface area contributed by atoms with Gasteiger partial charge >= 0.3 is 18.2 Å². The van der Waals surface area contributed by atoms with Gasteiger partial charge in [-0.05, 0) is 84.3 Å². The number of unbranched alkanes of at least 4 members (excludes halogenated alkanes) is 1. The van der Waals surface area contributed by atoms with Crippen LogP contribution in [0.2, 0.25) is 0 Å². The third-order valence-electron chi connectivity index (χ3n) is 7.94. The van der Waals surface area contributed by atoms with E-state index in [2.05, 4.69) is 26.6 Å². The van der Waals surface area contributed by atoms with Crippen LogP contribution in [0.3, 0.4) is 0 Å². The van der Waals surface area contributed by atoms with Crippen molar-refractivity contribution in [2.24, 2.45) is 5.92 Å². The van der Waals surface area contributed by atoms with Crippen LogP contribution >= 0.6 is 0 Å². The second kappa shape index (κ2) is 22.3. The number of benzene rings is 2. The highest BCUT2D eigenvalue weighted by Crippen LogP contribution is 2.13. The van der Waals surface area contributed by atoms with Gasteiger partial charge in [-0.15, -0.1) is 0 Å². The fourth-order valence-electron chi connectivity index (χ4n) is 5.46. The predicted octanol–water partition coefficient (Wildman–Crippen LogP) is 4.73. The summed E-state index contributed by atoms with van der Waals surface area (Å²) in [7, 11) is 1.22. The lowest BCUT2D eigenvalue weighted by molar-refractivity contribution is -0.145. The number of esters is 1. The molecule has 304 valence electrons. The Bertz CT molecular complexity index is 1540. The van der Waals surface area contributed by atoms with Crippen LogP contribution in [0, 0.1) is 5.92 Å². The van der Waals surface area contributed by atoms with E-state index in [0.717, 1.165) is 11.1 Å². The van der Waals surface area contributed by atoms with Crippen LogP contribution in [-0.4, -0.2) is 84.9 Å². The molecule has 0 aliphatic carbocycles. The van der Waals surface area contributed by atoms with E-state index < -0.39 is 71.2 Å². The summed E-state index contributed by atoms with van der Waals surface area (Å²) in [6.07, 6.45) is 0.279. The molecule has 0 bridgehead atoms. The minimum absolute atomic E-state index is 0.0398. The van der Waals surface area contributed by atoms with Crippen molar-refractivity contribution in [3.8, 4) is 0 Å². The molecule has 14 nitrogen and oxygen atoms in total. The van der Waals surface area contributed by atoms with Crippen molar-refractivity contribution in [1.29, 1.82) is 0 Å². The Balaban J connectivity index is 2.26. The van der Waals surface area contributed by atoms with Gasteiger partial charge in [-0.3, -0.25) is 14.4 Å². The summed E-state index contributed by atoms with van der Waals surface area (Å²) in [5, 5.41) is 13.7. The van der Waals surface area contributed by atoms with Gasteiger partial charge in [0.2, 0.25) is 17.7 Å². The number of carbonyl (C=O) groups excluding carboxylic acids is 6. The SMILES string of the molecule is COC(=O)[C@@H](CCCCNC(=O)OC(C)(C)C)NC(=O)[C@@H](CC(C)C)NC(=O)[C@@H](Cc1ccccc1)NC(=O)[C@@H](Cc1ccccc1)NC(=O)OC(C)(C)C. The van der Waals surface area contributed by atoms with Gasteiger partial charge in [0.15, 0.2) is 0 Å². The Hall–Kier alpha value is -5.14. The number of nitrogens with one attached hydrogen (secondary N) is 5. The van der Waals surface area contributed by atoms with E-state index in [1.807, 2.05) is 74.5 Å². The quantitative estimate of drug-likeness (QED) is 0.0765. The van der Waals surface area contributed by atoms with Crippen molar-refractivity contribution < 1.29 is 43.0 Å². The zero-order chi connectivity index (χ0) is 41.2. The fourth-order valence-corrected chi connectivity index (χ4v) is 5.46. The molecule has 0 aliphatic heterocycles. The van der Waals surface area contributed by atoms with Gasteiger partial charge in [0, 0.05) is 19.4 Å². The first kappa shape index (κ1) is 46.0. The van der Waals surface area contributed by atoms with Crippen molar-refractivity contribution in [1.82, 2.24) is 26.6 Å². The molecule has 0 saturated carbocycles. The highest BCUT2D eigenvalue weighted by molar-refractivity contribution is 5.95. The van der Waals surface area contributed by atoms with E-state index >= 15 is 0 Å². The van der Waals surface area contributed by atoms with Crippen LogP contribution in [0.4, 0.5) is 9.59 Å². The molecule has 0 aliphatic rings. The van der Waals surface area contributed by atoms with Crippen LogP contribution in [-0.2, 0) is 46.2 Å². The summed E-state index contributed by atoms with van der Waals surface area (Å²) < 4.78 is 15.6. The number of hydrogen-bond donors (Lipinski definition) is 5. The largest absolute Gasteiger partial charge is 0.467 e. The molecule has 2 aromatic carbocycles.